The molecule has 31 heavy (non-hydrogen) atoms. The van der Waals surface area contributed by atoms with E-state index in [9.17, 15) is 9.59 Å². The lowest BCUT2D eigenvalue weighted by atomic mass is 10.1. The first kappa shape index (κ1) is 21.1. The van der Waals surface area contributed by atoms with Crippen molar-refractivity contribution in [2.75, 3.05) is 38.0 Å². The van der Waals surface area contributed by atoms with Gasteiger partial charge < -0.3 is 14.8 Å². The molecule has 1 aliphatic rings. The molecule has 1 aromatic heterocycles. The summed E-state index contributed by atoms with van der Waals surface area (Å²) in [6, 6.07) is 13.9. The maximum absolute atomic E-state index is 12.7. The topological polar surface area (TPSA) is 70.5 Å². The lowest BCUT2D eigenvalue weighted by Crippen LogP contribution is -2.50. The standard InChI is InChI=1S/C24H29N5O2/c1-18-6-5-7-19(2)24(18)26-22(30)16-27-12-14-28(15-13-27)23(31)10-11-29-17-25-20-8-3-4-9-21(20)29/h3-9,17H,10-16H2,1-2H3,(H,26,30). The van der Waals surface area contributed by atoms with E-state index in [1.807, 2.05) is 65.8 Å². The molecule has 4 rings (SSSR count). The molecule has 1 fully saturated rings. The number of para-hydroxylation sites is 3. The van der Waals surface area contributed by atoms with Gasteiger partial charge in [0.25, 0.3) is 0 Å². The molecule has 0 aliphatic carbocycles. The highest BCUT2D eigenvalue weighted by Gasteiger charge is 2.22. The van der Waals surface area contributed by atoms with E-state index < -0.39 is 0 Å². The van der Waals surface area contributed by atoms with Crippen LogP contribution in [0.2, 0.25) is 0 Å². The average molecular weight is 420 g/mol. The largest absolute Gasteiger partial charge is 0.340 e. The van der Waals surface area contributed by atoms with Crippen molar-refractivity contribution >= 4 is 28.5 Å². The third kappa shape index (κ3) is 4.94. The lowest BCUT2D eigenvalue weighted by Gasteiger charge is -2.34. The number of anilines is 1. The molecule has 1 aliphatic heterocycles. The Morgan fingerprint density at radius 2 is 1.68 bits per heavy atom. The number of aromatic nitrogens is 2. The van der Waals surface area contributed by atoms with Crippen LogP contribution in [0.5, 0.6) is 0 Å². The zero-order chi connectivity index (χ0) is 21.8. The molecule has 162 valence electrons. The number of fused-ring (bicyclic) bond motifs is 1. The van der Waals surface area contributed by atoms with Gasteiger partial charge in [0, 0.05) is 44.8 Å². The summed E-state index contributed by atoms with van der Waals surface area (Å²) in [5.41, 5.74) is 5.02. The maximum atomic E-state index is 12.7. The summed E-state index contributed by atoms with van der Waals surface area (Å²) in [5, 5.41) is 3.04. The van der Waals surface area contributed by atoms with Crippen molar-refractivity contribution in [2.24, 2.45) is 0 Å². The van der Waals surface area contributed by atoms with Crippen LogP contribution in [0.1, 0.15) is 17.5 Å². The zero-order valence-electron chi connectivity index (χ0n) is 18.2. The predicted octanol–water partition coefficient (Wildman–Crippen LogP) is 2.83. The second-order valence-corrected chi connectivity index (χ2v) is 8.15. The number of carbonyl (C=O) groups is 2. The Balaban J connectivity index is 1.23. The Morgan fingerprint density at radius 3 is 2.42 bits per heavy atom. The number of piperazine rings is 1. The molecule has 2 aromatic carbocycles. The minimum atomic E-state index is -0.0100. The van der Waals surface area contributed by atoms with Gasteiger partial charge in [0.1, 0.15) is 0 Å². The Morgan fingerprint density at radius 1 is 0.968 bits per heavy atom. The fraction of sp³-hybridized carbons (Fsp3) is 0.375. The molecule has 0 radical (unpaired) electrons. The lowest BCUT2D eigenvalue weighted by molar-refractivity contribution is -0.133. The molecule has 0 spiro atoms. The van der Waals surface area contributed by atoms with Crippen LogP contribution < -0.4 is 5.32 Å². The molecule has 0 bridgehead atoms. The van der Waals surface area contributed by atoms with Crippen molar-refractivity contribution in [3.05, 3.63) is 59.9 Å². The van der Waals surface area contributed by atoms with Gasteiger partial charge in [-0.15, -0.1) is 0 Å². The minimum absolute atomic E-state index is 0.0100. The third-order valence-corrected chi connectivity index (χ3v) is 5.93. The van der Waals surface area contributed by atoms with E-state index in [2.05, 4.69) is 15.2 Å². The van der Waals surface area contributed by atoms with Gasteiger partial charge in [-0.05, 0) is 37.1 Å². The van der Waals surface area contributed by atoms with Gasteiger partial charge in [-0.1, -0.05) is 30.3 Å². The Bertz CT molecular complexity index is 1060. The smallest absolute Gasteiger partial charge is 0.238 e. The second-order valence-electron chi connectivity index (χ2n) is 8.15. The molecule has 0 unspecified atom stereocenters. The van der Waals surface area contributed by atoms with E-state index in [4.69, 9.17) is 0 Å². The first-order valence-electron chi connectivity index (χ1n) is 10.8. The normalized spacial score (nSPS) is 14.7. The van der Waals surface area contributed by atoms with E-state index >= 15 is 0 Å². The number of nitrogens with one attached hydrogen (secondary N) is 1. The van der Waals surface area contributed by atoms with E-state index in [-0.39, 0.29) is 11.8 Å². The predicted molar refractivity (Wildman–Crippen MR) is 122 cm³/mol. The van der Waals surface area contributed by atoms with Gasteiger partial charge in [0.2, 0.25) is 11.8 Å². The number of imidazole rings is 1. The molecule has 1 saturated heterocycles. The highest BCUT2D eigenvalue weighted by molar-refractivity contribution is 5.93. The number of carbonyl (C=O) groups excluding carboxylic acids is 2. The van der Waals surface area contributed by atoms with E-state index in [1.54, 1.807) is 6.33 Å². The first-order valence-corrected chi connectivity index (χ1v) is 10.8. The van der Waals surface area contributed by atoms with Crippen LogP contribution in [0.15, 0.2) is 48.8 Å². The summed E-state index contributed by atoms with van der Waals surface area (Å²) in [6.45, 7) is 7.69. The van der Waals surface area contributed by atoms with Crippen LogP contribution in [-0.2, 0) is 16.1 Å². The van der Waals surface area contributed by atoms with Gasteiger partial charge in [-0.2, -0.15) is 0 Å². The molecule has 2 amide bonds. The number of rotatable bonds is 6. The second kappa shape index (κ2) is 9.31. The van der Waals surface area contributed by atoms with E-state index in [0.717, 1.165) is 27.8 Å². The molecular formula is C24H29N5O2. The number of amides is 2. The summed E-state index contributed by atoms with van der Waals surface area (Å²) >= 11 is 0. The molecule has 7 nitrogen and oxygen atoms in total. The van der Waals surface area contributed by atoms with Crippen LogP contribution in [0.4, 0.5) is 5.69 Å². The molecule has 2 heterocycles. The highest BCUT2D eigenvalue weighted by Crippen LogP contribution is 2.19. The molecule has 0 atom stereocenters. The summed E-state index contributed by atoms with van der Waals surface area (Å²) in [6.07, 6.45) is 2.25. The van der Waals surface area contributed by atoms with Crippen LogP contribution >= 0.6 is 0 Å². The van der Waals surface area contributed by atoms with Crippen LogP contribution in [0, 0.1) is 13.8 Å². The Hall–Kier alpha value is -3.19. The van der Waals surface area contributed by atoms with Gasteiger partial charge >= 0.3 is 0 Å². The fourth-order valence-electron chi connectivity index (χ4n) is 4.11. The van der Waals surface area contributed by atoms with Crippen LogP contribution in [-0.4, -0.2) is 63.9 Å². The zero-order valence-corrected chi connectivity index (χ0v) is 18.2. The summed E-state index contributed by atoms with van der Waals surface area (Å²) < 4.78 is 2.03. The fourth-order valence-corrected chi connectivity index (χ4v) is 4.11. The van der Waals surface area contributed by atoms with Crippen molar-refractivity contribution in [1.29, 1.82) is 0 Å². The van der Waals surface area contributed by atoms with Crippen molar-refractivity contribution in [2.45, 2.75) is 26.8 Å². The van der Waals surface area contributed by atoms with Gasteiger partial charge in [0.15, 0.2) is 0 Å². The van der Waals surface area contributed by atoms with Crippen molar-refractivity contribution < 1.29 is 9.59 Å². The van der Waals surface area contributed by atoms with Crippen molar-refractivity contribution in [3.8, 4) is 0 Å². The van der Waals surface area contributed by atoms with Gasteiger partial charge in [-0.25, -0.2) is 4.98 Å². The summed E-state index contributed by atoms with van der Waals surface area (Å²) in [7, 11) is 0. The first-order chi connectivity index (χ1) is 15.0. The Kier molecular flexibility index (Phi) is 6.32. The molecule has 1 N–H and O–H groups in total. The number of aryl methyl sites for hydroxylation is 3. The minimum Gasteiger partial charge on any atom is -0.340 e. The molecule has 3 aromatic rings. The monoisotopic (exact) mass is 419 g/mol. The van der Waals surface area contributed by atoms with Crippen molar-refractivity contribution in [1.82, 2.24) is 19.4 Å². The van der Waals surface area contributed by atoms with E-state index in [1.165, 1.54) is 0 Å². The molecule has 0 saturated carbocycles. The molecular weight excluding hydrogens is 390 g/mol. The summed E-state index contributed by atoms with van der Waals surface area (Å²) in [4.78, 5) is 33.6. The molecule has 7 heteroatoms. The van der Waals surface area contributed by atoms with Crippen molar-refractivity contribution in [3.63, 3.8) is 0 Å². The number of benzene rings is 2. The quantitative estimate of drug-likeness (QED) is 0.667. The number of hydrogen-bond acceptors (Lipinski definition) is 4. The highest BCUT2D eigenvalue weighted by atomic mass is 16.2. The Labute approximate surface area is 182 Å². The third-order valence-electron chi connectivity index (χ3n) is 5.93. The SMILES string of the molecule is Cc1cccc(C)c1NC(=O)CN1CCN(C(=O)CCn2cnc3ccccc32)CC1. The van der Waals surface area contributed by atoms with E-state index in [0.29, 0.717) is 45.7 Å². The summed E-state index contributed by atoms with van der Waals surface area (Å²) in [5.74, 6) is 0.140. The van der Waals surface area contributed by atoms with Crippen LogP contribution in [0.3, 0.4) is 0 Å². The van der Waals surface area contributed by atoms with Crippen LogP contribution in [0.25, 0.3) is 11.0 Å². The maximum Gasteiger partial charge on any atom is 0.238 e. The number of hydrogen-bond donors (Lipinski definition) is 1. The number of nitrogens with zero attached hydrogens (tertiary/aromatic N) is 4. The average Bonchev–Trinajstić information content (AvgIpc) is 3.18. The van der Waals surface area contributed by atoms with Gasteiger partial charge in [-0.3, -0.25) is 14.5 Å². The van der Waals surface area contributed by atoms with Gasteiger partial charge in [0.05, 0.1) is 23.9 Å².